The van der Waals surface area contributed by atoms with Crippen molar-refractivity contribution in [3.8, 4) is 11.5 Å². The van der Waals surface area contributed by atoms with E-state index in [9.17, 15) is 0 Å². The minimum Gasteiger partial charge on any atom is -0.490 e. The third-order valence-corrected chi connectivity index (χ3v) is 4.21. The molecule has 0 aromatic heterocycles. The number of hydrogen-bond donors (Lipinski definition) is 1. The molecule has 0 atom stereocenters. The molecule has 0 aliphatic carbocycles. The van der Waals surface area contributed by atoms with Crippen LogP contribution < -0.4 is 14.9 Å². The van der Waals surface area contributed by atoms with Crippen molar-refractivity contribution in [1.29, 1.82) is 0 Å². The van der Waals surface area contributed by atoms with Gasteiger partial charge in [0.15, 0.2) is 11.5 Å². The second-order valence-corrected chi connectivity index (χ2v) is 6.49. The van der Waals surface area contributed by atoms with Crippen molar-refractivity contribution in [3.05, 3.63) is 95.1 Å². The maximum absolute atomic E-state index is 5.97. The molecule has 0 bridgehead atoms. The monoisotopic (exact) mass is 374 g/mol. The van der Waals surface area contributed by atoms with Crippen molar-refractivity contribution in [2.75, 3.05) is 6.61 Å². The van der Waals surface area contributed by atoms with Gasteiger partial charge in [-0.25, -0.2) is 0 Å². The van der Waals surface area contributed by atoms with Gasteiger partial charge in [-0.15, -0.1) is 0 Å². The summed E-state index contributed by atoms with van der Waals surface area (Å²) in [5, 5.41) is 4.30. The fourth-order valence-electron chi connectivity index (χ4n) is 2.69. The molecule has 0 heterocycles. The van der Waals surface area contributed by atoms with E-state index >= 15 is 0 Å². The highest BCUT2D eigenvalue weighted by atomic mass is 16.5. The molecule has 0 unspecified atom stereocenters. The molecule has 0 saturated carbocycles. The zero-order valence-corrected chi connectivity index (χ0v) is 16.4. The molecule has 0 fully saturated rings. The summed E-state index contributed by atoms with van der Waals surface area (Å²) in [5.41, 5.74) is 7.57. The van der Waals surface area contributed by atoms with Crippen LogP contribution in [0.2, 0.25) is 0 Å². The van der Waals surface area contributed by atoms with Crippen molar-refractivity contribution in [2.45, 2.75) is 27.0 Å². The third kappa shape index (κ3) is 5.88. The smallest absolute Gasteiger partial charge is 0.161 e. The van der Waals surface area contributed by atoms with E-state index in [1.807, 2.05) is 43.3 Å². The van der Waals surface area contributed by atoms with Gasteiger partial charge in [-0.1, -0.05) is 60.2 Å². The van der Waals surface area contributed by atoms with Gasteiger partial charge in [-0.3, -0.25) is 0 Å². The summed E-state index contributed by atoms with van der Waals surface area (Å²) >= 11 is 0. The van der Waals surface area contributed by atoms with Gasteiger partial charge in [-0.2, -0.15) is 5.10 Å². The lowest BCUT2D eigenvalue weighted by atomic mass is 10.2. The zero-order valence-electron chi connectivity index (χ0n) is 16.4. The molecule has 1 N–H and O–H groups in total. The number of rotatable bonds is 9. The van der Waals surface area contributed by atoms with Gasteiger partial charge in [0.25, 0.3) is 0 Å². The quantitative estimate of drug-likeness (QED) is 0.419. The van der Waals surface area contributed by atoms with Crippen molar-refractivity contribution in [2.24, 2.45) is 5.10 Å². The summed E-state index contributed by atoms with van der Waals surface area (Å²) < 4.78 is 11.7. The van der Waals surface area contributed by atoms with E-state index in [-0.39, 0.29) is 0 Å². The van der Waals surface area contributed by atoms with Crippen LogP contribution in [0.15, 0.2) is 77.9 Å². The number of aryl methyl sites for hydroxylation is 1. The first-order valence-corrected chi connectivity index (χ1v) is 9.49. The maximum atomic E-state index is 5.97. The van der Waals surface area contributed by atoms with Crippen molar-refractivity contribution < 1.29 is 9.47 Å². The fourth-order valence-corrected chi connectivity index (χ4v) is 2.69. The number of nitrogens with one attached hydrogen (secondary N) is 1. The number of hydrazone groups is 1. The molecule has 28 heavy (non-hydrogen) atoms. The number of hydrogen-bond acceptors (Lipinski definition) is 4. The number of benzene rings is 3. The van der Waals surface area contributed by atoms with Crippen LogP contribution in [0, 0.1) is 6.92 Å². The van der Waals surface area contributed by atoms with E-state index in [2.05, 4.69) is 53.8 Å². The van der Waals surface area contributed by atoms with E-state index in [0.29, 0.717) is 19.8 Å². The van der Waals surface area contributed by atoms with Crippen LogP contribution in [0.3, 0.4) is 0 Å². The molecular formula is C24H26N2O2. The van der Waals surface area contributed by atoms with Gasteiger partial charge < -0.3 is 14.9 Å². The highest BCUT2D eigenvalue weighted by molar-refractivity contribution is 5.80. The maximum Gasteiger partial charge on any atom is 0.161 e. The van der Waals surface area contributed by atoms with E-state index in [1.165, 1.54) is 11.1 Å². The summed E-state index contributed by atoms with van der Waals surface area (Å²) in [5.74, 6) is 1.46. The van der Waals surface area contributed by atoms with Gasteiger partial charge in [-0.05, 0) is 48.7 Å². The van der Waals surface area contributed by atoms with Gasteiger partial charge in [0, 0.05) is 0 Å². The molecule has 3 aromatic rings. The first kappa shape index (κ1) is 19.5. The lowest BCUT2D eigenvalue weighted by Crippen LogP contribution is -2.05. The summed E-state index contributed by atoms with van der Waals surface area (Å²) in [6.45, 7) is 5.81. The molecule has 0 radical (unpaired) electrons. The lowest BCUT2D eigenvalue weighted by molar-refractivity contribution is 0.269. The minimum atomic E-state index is 0.506. The summed E-state index contributed by atoms with van der Waals surface area (Å²) in [4.78, 5) is 0. The average Bonchev–Trinajstić information content (AvgIpc) is 2.73. The molecule has 3 rings (SSSR count). The van der Waals surface area contributed by atoms with Crippen LogP contribution in [-0.4, -0.2) is 12.8 Å². The summed E-state index contributed by atoms with van der Waals surface area (Å²) in [7, 11) is 0. The Balaban J connectivity index is 1.61. The molecular weight excluding hydrogens is 348 g/mol. The highest BCUT2D eigenvalue weighted by Crippen LogP contribution is 2.29. The molecule has 144 valence electrons. The minimum absolute atomic E-state index is 0.506. The second-order valence-electron chi connectivity index (χ2n) is 6.49. The predicted molar refractivity (Wildman–Crippen MR) is 114 cm³/mol. The van der Waals surface area contributed by atoms with Gasteiger partial charge in [0.05, 0.1) is 19.4 Å². The molecule has 4 heteroatoms. The molecule has 3 aromatic carbocycles. The Hall–Kier alpha value is -3.27. The van der Waals surface area contributed by atoms with E-state index < -0.39 is 0 Å². The van der Waals surface area contributed by atoms with Crippen molar-refractivity contribution in [3.63, 3.8) is 0 Å². The van der Waals surface area contributed by atoms with Crippen LogP contribution >= 0.6 is 0 Å². The standard InChI is InChI=1S/C24H26N2O2/c1-3-27-24-15-22(17-26-25-16-20-7-5-4-6-8-20)13-14-23(24)28-18-21-11-9-19(2)10-12-21/h4-15,17,25H,3,16,18H2,1-2H3. The number of nitrogens with zero attached hydrogens (tertiary/aromatic N) is 1. The Morgan fingerprint density at radius 1 is 0.857 bits per heavy atom. The van der Waals surface area contributed by atoms with Crippen LogP contribution in [0.5, 0.6) is 11.5 Å². The lowest BCUT2D eigenvalue weighted by Gasteiger charge is -2.13. The van der Waals surface area contributed by atoms with Crippen molar-refractivity contribution >= 4 is 6.21 Å². The topological polar surface area (TPSA) is 42.8 Å². The molecule has 0 aliphatic heterocycles. The van der Waals surface area contributed by atoms with Gasteiger partial charge >= 0.3 is 0 Å². The first-order valence-electron chi connectivity index (χ1n) is 9.49. The molecule has 0 aliphatic rings. The van der Waals surface area contributed by atoms with Crippen LogP contribution in [0.1, 0.15) is 29.2 Å². The SMILES string of the molecule is CCOc1cc(C=NNCc2ccccc2)ccc1OCc1ccc(C)cc1. The third-order valence-electron chi connectivity index (χ3n) is 4.21. The van der Waals surface area contributed by atoms with Crippen LogP contribution in [0.4, 0.5) is 0 Å². The summed E-state index contributed by atoms with van der Waals surface area (Å²) in [6.07, 6.45) is 1.79. The predicted octanol–water partition coefficient (Wildman–Crippen LogP) is 5.10. The highest BCUT2D eigenvalue weighted by Gasteiger charge is 2.06. The second kappa shape index (κ2) is 10.2. The Labute approximate surface area is 166 Å². The van der Waals surface area contributed by atoms with E-state index in [1.54, 1.807) is 6.21 Å². The van der Waals surface area contributed by atoms with Crippen LogP contribution in [0.25, 0.3) is 0 Å². The van der Waals surface area contributed by atoms with E-state index in [4.69, 9.17) is 9.47 Å². The molecule has 0 saturated heterocycles. The molecule has 0 spiro atoms. The number of ether oxygens (including phenoxy) is 2. The normalized spacial score (nSPS) is 10.8. The Bertz CT molecular complexity index is 890. The van der Waals surface area contributed by atoms with Gasteiger partial charge in [0.1, 0.15) is 6.61 Å². The van der Waals surface area contributed by atoms with E-state index in [0.717, 1.165) is 22.6 Å². The fraction of sp³-hybridized carbons (Fsp3) is 0.208. The Kier molecular flexibility index (Phi) is 7.08. The first-order chi connectivity index (χ1) is 13.7. The average molecular weight is 374 g/mol. The van der Waals surface area contributed by atoms with Gasteiger partial charge in [0.2, 0.25) is 0 Å². The van der Waals surface area contributed by atoms with Crippen molar-refractivity contribution in [1.82, 2.24) is 5.43 Å². The van der Waals surface area contributed by atoms with Crippen LogP contribution in [-0.2, 0) is 13.2 Å². The Morgan fingerprint density at radius 3 is 2.39 bits per heavy atom. The largest absolute Gasteiger partial charge is 0.490 e. The Morgan fingerprint density at radius 2 is 1.64 bits per heavy atom. The molecule has 0 amide bonds. The molecule has 4 nitrogen and oxygen atoms in total. The zero-order chi connectivity index (χ0) is 19.6. The summed E-state index contributed by atoms with van der Waals surface area (Å²) in [6, 6.07) is 24.4.